The Bertz CT molecular complexity index is 538. The lowest BCUT2D eigenvalue weighted by molar-refractivity contribution is 0.481. The van der Waals surface area contributed by atoms with Gasteiger partial charge in [-0.1, -0.05) is 24.3 Å². The van der Waals surface area contributed by atoms with Crippen LogP contribution in [0.1, 0.15) is 27.7 Å². The Hall–Kier alpha value is -1.70. The van der Waals surface area contributed by atoms with E-state index in [4.69, 9.17) is 0 Å². The van der Waals surface area contributed by atoms with E-state index in [9.17, 15) is 5.11 Å². The van der Waals surface area contributed by atoms with Gasteiger partial charge in [-0.05, 0) is 39.8 Å². The Morgan fingerprint density at radius 3 is 1.94 bits per heavy atom. The molecule has 0 radical (unpaired) electrons. The number of aromatic hydroxyl groups is 1. The van der Waals surface area contributed by atoms with Crippen LogP contribution in [0.4, 0.5) is 5.69 Å². The molecule has 0 saturated heterocycles. The molecule has 2 nitrogen and oxygen atoms in total. The quantitative estimate of drug-likeness (QED) is 0.874. The molecular weight excluding hydrogens is 222 g/mol. The molecule has 0 unspecified atom stereocenters. The number of nitrogens with zero attached hydrogens (tertiary/aromatic N) is 1. The van der Waals surface area contributed by atoms with Gasteiger partial charge in [0.1, 0.15) is 5.75 Å². The maximum Gasteiger partial charge on any atom is 0.123 e. The van der Waals surface area contributed by atoms with E-state index in [1.807, 2.05) is 24.3 Å². The number of hydrogen-bond acceptors (Lipinski definition) is 2. The molecule has 1 N–H and O–H groups in total. The second kappa shape index (κ2) is 4.89. The highest BCUT2D eigenvalue weighted by atomic mass is 16.3. The van der Waals surface area contributed by atoms with Crippen LogP contribution < -0.4 is 4.90 Å². The Kier molecular flexibility index (Phi) is 3.46. The molecule has 0 bridgehead atoms. The van der Waals surface area contributed by atoms with E-state index in [1.54, 1.807) is 6.07 Å². The molecule has 0 spiro atoms. The third-order valence-corrected chi connectivity index (χ3v) is 3.27. The molecule has 0 aromatic heterocycles. The summed E-state index contributed by atoms with van der Waals surface area (Å²) >= 11 is 0. The van der Waals surface area contributed by atoms with Gasteiger partial charge in [-0.3, -0.25) is 0 Å². The second-order valence-corrected chi connectivity index (χ2v) is 5.24. The second-order valence-electron chi connectivity index (χ2n) is 5.24. The molecule has 96 valence electrons. The van der Waals surface area contributed by atoms with Gasteiger partial charge in [0, 0.05) is 28.5 Å². The monoisotopic (exact) mass is 243 g/mol. The fourth-order valence-electron chi connectivity index (χ4n) is 2.65. The molecule has 0 aliphatic rings. The summed E-state index contributed by atoms with van der Waals surface area (Å²) in [5.74, 6) is 0.349. The van der Waals surface area contributed by atoms with Crippen LogP contribution in [-0.4, -0.2) is 17.2 Å². The van der Waals surface area contributed by atoms with Gasteiger partial charge in [0.25, 0.3) is 0 Å². The first kappa shape index (κ1) is 12.7. The molecule has 0 aliphatic heterocycles. The zero-order chi connectivity index (χ0) is 13.3. The molecule has 2 aromatic rings. The van der Waals surface area contributed by atoms with Crippen molar-refractivity contribution in [3.63, 3.8) is 0 Å². The number of phenolic OH excluding ortho intramolecular Hbond substituents is 1. The minimum absolute atomic E-state index is 0.349. The molecule has 18 heavy (non-hydrogen) atoms. The Morgan fingerprint density at radius 2 is 1.39 bits per heavy atom. The zero-order valence-electron chi connectivity index (χ0n) is 11.5. The molecule has 0 amide bonds. The normalized spacial score (nSPS) is 11.4. The molecule has 0 aliphatic carbocycles. The summed E-state index contributed by atoms with van der Waals surface area (Å²) in [4.78, 5) is 2.38. The molecule has 0 atom stereocenters. The lowest BCUT2D eigenvalue weighted by atomic mass is 10.0. The van der Waals surface area contributed by atoms with Crippen molar-refractivity contribution in [2.24, 2.45) is 0 Å². The maximum atomic E-state index is 9.94. The summed E-state index contributed by atoms with van der Waals surface area (Å²) in [5, 5.41) is 12.0. The standard InChI is InChI=1S/C16H21NO/c1-11(2)17(12(3)4)15-9-10-16(18)14-8-6-5-7-13(14)15/h5-12,18H,1-4H3. The highest BCUT2D eigenvalue weighted by Gasteiger charge is 2.17. The van der Waals surface area contributed by atoms with Gasteiger partial charge < -0.3 is 10.0 Å². The predicted molar refractivity (Wildman–Crippen MR) is 78.4 cm³/mol. The Balaban J connectivity index is 2.67. The van der Waals surface area contributed by atoms with E-state index < -0.39 is 0 Å². The number of benzene rings is 2. The number of hydrogen-bond donors (Lipinski definition) is 1. The van der Waals surface area contributed by atoms with Crippen molar-refractivity contribution < 1.29 is 5.11 Å². The van der Waals surface area contributed by atoms with E-state index in [-0.39, 0.29) is 0 Å². The van der Waals surface area contributed by atoms with Crippen LogP contribution in [-0.2, 0) is 0 Å². The summed E-state index contributed by atoms with van der Waals surface area (Å²) in [6, 6.07) is 12.7. The zero-order valence-corrected chi connectivity index (χ0v) is 11.5. The van der Waals surface area contributed by atoms with E-state index in [1.165, 1.54) is 5.69 Å². The number of fused-ring (bicyclic) bond motifs is 1. The minimum Gasteiger partial charge on any atom is -0.507 e. The van der Waals surface area contributed by atoms with E-state index >= 15 is 0 Å². The smallest absolute Gasteiger partial charge is 0.123 e. The highest BCUT2D eigenvalue weighted by molar-refractivity contribution is 5.98. The summed E-state index contributed by atoms with van der Waals surface area (Å²) in [5.41, 5.74) is 1.19. The van der Waals surface area contributed by atoms with Crippen molar-refractivity contribution in [2.45, 2.75) is 39.8 Å². The van der Waals surface area contributed by atoms with Crippen molar-refractivity contribution in [1.82, 2.24) is 0 Å². The van der Waals surface area contributed by atoms with Gasteiger partial charge in [-0.15, -0.1) is 0 Å². The van der Waals surface area contributed by atoms with Gasteiger partial charge >= 0.3 is 0 Å². The van der Waals surface area contributed by atoms with Crippen molar-refractivity contribution in [2.75, 3.05) is 4.90 Å². The van der Waals surface area contributed by atoms with E-state index in [2.05, 4.69) is 38.7 Å². The SMILES string of the molecule is CC(C)N(c1ccc(O)c2ccccc12)C(C)C. The summed E-state index contributed by atoms with van der Waals surface area (Å²) in [6.45, 7) is 8.78. The van der Waals surface area contributed by atoms with Crippen LogP contribution >= 0.6 is 0 Å². The first-order chi connectivity index (χ1) is 8.52. The Morgan fingerprint density at radius 1 is 0.833 bits per heavy atom. The first-order valence-corrected chi connectivity index (χ1v) is 6.51. The van der Waals surface area contributed by atoms with Gasteiger partial charge in [-0.25, -0.2) is 0 Å². The largest absolute Gasteiger partial charge is 0.507 e. The van der Waals surface area contributed by atoms with Gasteiger partial charge in [0.05, 0.1) is 0 Å². The average Bonchev–Trinajstić information content (AvgIpc) is 2.32. The molecule has 2 rings (SSSR count). The maximum absolute atomic E-state index is 9.94. The lowest BCUT2D eigenvalue weighted by Crippen LogP contribution is -2.37. The molecule has 0 fully saturated rings. The number of phenols is 1. The number of anilines is 1. The van der Waals surface area contributed by atoms with Gasteiger partial charge in [-0.2, -0.15) is 0 Å². The lowest BCUT2D eigenvalue weighted by Gasteiger charge is -2.34. The summed E-state index contributed by atoms with van der Waals surface area (Å²) in [6.07, 6.45) is 0. The van der Waals surface area contributed by atoms with Crippen LogP contribution in [0.5, 0.6) is 5.75 Å². The number of rotatable bonds is 3. The topological polar surface area (TPSA) is 23.5 Å². The van der Waals surface area contributed by atoms with Gasteiger partial charge in [0.2, 0.25) is 0 Å². The van der Waals surface area contributed by atoms with Crippen LogP contribution in [0.2, 0.25) is 0 Å². The fraction of sp³-hybridized carbons (Fsp3) is 0.375. The van der Waals surface area contributed by atoms with E-state index in [0.29, 0.717) is 17.8 Å². The Labute approximate surface area is 109 Å². The van der Waals surface area contributed by atoms with E-state index in [0.717, 1.165) is 10.8 Å². The predicted octanol–water partition coefficient (Wildman–Crippen LogP) is 4.17. The molecule has 2 aromatic carbocycles. The van der Waals surface area contributed by atoms with Crippen LogP contribution in [0.15, 0.2) is 36.4 Å². The fourth-order valence-corrected chi connectivity index (χ4v) is 2.65. The molecular formula is C16H21NO. The third kappa shape index (κ3) is 2.15. The summed E-state index contributed by atoms with van der Waals surface area (Å²) < 4.78 is 0. The third-order valence-electron chi connectivity index (χ3n) is 3.27. The highest BCUT2D eigenvalue weighted by Crippen LogP contribution is 2.34. The molecule has 2 heteroatoms. The summed E-state index contributed by atoms with van der Waals surface area (Å²) in [7, 11) is 0. The molecule has 0 saturated carbocycles. The van der Waals surface area contributed by atoms with Gasteiger partial charge in [0.15, 0.2) is 0 Å². The van der Waals surface area contributed by atoms with Crippen molar-refractivity contribution in [1.29, 1.82) is 0 Å². The van der Waals surface area contributed by atoms with Crippen molar-refractivity contribution in [3.8, 4) is 5.75 Å². The minimum atomic E-state index is 0.349. The van der Waals surface area contributed by atoms with Crippen LogP contribution in [0, 0.1) is 0 Å². The molecule has 0 heterocycles. The first-order valence-electron chi connectivity index (χ1n) is 6.51. The van der Waals surface area contributed by atoms with Crippen LogP contribution in [0.3, 0.4) is 0 Å². The average molecular weight is 243 g/mol. The van der Waals surface area contributed by atoms with Crippen molar-refractivity contribution >= 4 is 16.5 Å². The van der Waals surface area contributed by atoms with Crippen LogP contribution in [0.25, 0.3) is 10.8 Å². The van der Waals surface area contributed by atoms with Crippen molar-refractivity contribution in [3.05, 3.63) is 36.4 Å².